The van der Waals surface area contributed by atoms with Gasteiger partial charge in [0, 0.05) is 28.6 Å². The number of aromatic nitrogens is 3. The van der Waals surface area contributed by atoms with Gasteiger partial charge in [0.25, 0.3) is 5.89 Å². The number of para-hydroxylation sites is 1. The zero-order chi connectivity index (χ0) is 20.4. The molecule has 0 aliphatic heterocycles. The average Bonchev–Trinajstić information content (AvgIpc) is 3.33. The van der Waals surface area contributed by atoms with Gasteiger partial charge in [-0.1, -0.05) is 25.1 Å². The molecule has 0 unspecified atom stereocenters. The maximum absolute atomic E-state index is 12.7. The number of primary amides is 1. The predicted molar refractivity (Wildman–Crippen MR) is 108 cm³/mol. The first-order chi connectivity index (χ1) is 14.0. The van der Waals surface area contributed by atoms with E-state index in [2.05, 4.69) is 15.5 Å². The molecule has 0 bridgehead atoms. The number of benzene rings is 2. The molecule has 146 valence electrons. The van der Waals surface area contributed by atoms with Gasteiger partial charge in [0.2, 0.25) is 17.7 Å². The first-order valence-electron chi connectivity index (χ1n) is 9.16. The second-order valence-corrected chi connectivity index (χ2v) is 6.52. The molecule has 4 aromatic rings. The quantitative estimate of drug-likeness (QED) is 0.526. The van der Waals surface area contributed by atoms with Gasteiger partial charge < -0.3 is 20.0 Å². The summed E-state index contributed by atoms with van der Waals surface area (Å²) >= 11 is 0. The Labute approximate surface area is 166 Å². The summed E-state index contributed by atoms with van der Waals surface area (Å²) in [6.45, 7) is 1.99. The van der Waals surface area contributed by atoms with Crippen molar-refractivity contribution < 1.29 is 14.0 Å². The third-order valence-electron chi connectivity index (χ3n) is 4.55. The number of fused-ring (bicyclic) bond motifs is 1. The summed E-state index contributed by atoms with van der Waals surface area (Å²) in [5.41, 5.74) is 7.76. The smallest absolute Gasteiger partial charge is 0.264 e. The Bertz CT molecular complexity index is 1190. The van der Waals surface area contributed by atoms with E-state index in [4.69, 9.17) is 10.2 Å². The highest BCUT2D eigenvalue weighted by molar-refractivity contribution is 5.95. The highest BCUT2D eigenvalue weighted by atomic mass is 16.4. The minimum Gasteiger partial charge on any atom is -0.419 e. The molecular weight excluding hydrogens is 370 g/mol. The van der Waals surface area contributed by atoms with Gasteiger partial charge in [-0.2, -0.15) is 0 Å². The van der Waals surface area contributed by atoms with E-state index in [0.29, 0.717) is 35.1 Å². The number of hydrogen-bond acceptors (Lipinski definition) is 5. The van der Waals surface area contributed by atoms with E-state index in [1.165, 1.54) is 0 Å². The maximum Gasteiger partial charge on any atom is 0.264 e. The zero-order valence-corrected chi connectivity index (χ0v) is 15.8. The summed E-state index contributed by atoms with van der Waals surface area (Å²) < 4.78 is 7.55. The minimum absolute atomic E-state index is 0.0598. The summed E-state index contributed by atoms with van der Waals surface area (Å²) in [5, 5.41) is 11.9. The molecule has 0 aliphatic rings. The second kappa shape index (κ2) is 7.59. The van der Waals surface area contributed by atoms with Crippen LogP contribution >= 0.6 is 0 Å². The van der Waals surface area contributed by atoms with Gasteiger partial charge in [0.05, 0.1) is 0 Å². The molecule has 0 aliphatic carbocycles. The number of aryl methyl sites for hydroxylation is 1. The zero-order valence-electron chi connectivity index (χ0n) is 15.8. The molecule has 4 rings (SSSR count). The van der Waals surface area contributed by atoms with Gasteiger partial charge in [0.15, 0.2) is 0 Å². The third-order valence-corrected chi connectivity index (χ3v) is 4.55. The summed E-state index contributed by atoms with van der Waals surface area (Å²) in [4.78, 5) is 23.9. The molecule has 0 spiro atoms. The van der Waals surface area contributed by atoms with Crippen LogP contribution in [0.1, 0.15) is 23.2 Å². The van der Waals surface area contributed by atoms with E-state index < -0.39 is 5.91 Å². The molecule has 2 amide bonds. The number of nitrogens with one attached hydrogen (secondary N) is 1. The van der Waals surface area contributed by atoms with Crippen molar-refractivity contribution in [1.82, 2.24) is 14.8 Å². The van der Waals surface area contributed by atoms with E-state index >= 15 is 0 Å². The molecule has 0 radical (unpaired) electrons. The van der Waals surface area contributed by atoms with Gasteiger partial charge in [-0.25, -0.2) is 0 Å². The van der Waals surface area contributed by atoms with Crippen LogP contribution in [-0.2, 0) is 17.8 Å². The second-order valence-electron chi connectivity index (χ2n) is 6.52. The maximum atomic E-state index is 12.7. The number of rotatable bonds is 6. The molecule has 2 aromatic carbocycles. The molecule has 0 atom stereocenters. The van der Waals surface area contributed by atoms with Crippen LogP contribution in [0.25, 0.3) is 22.5 Å². The van der Waals surface area contributed by atoms with Crippen LogP contribution in [0, 0.1) is 0 Å². The van der Waals surface area contributed by atoms with Gasteiger partial charge in [-0.3, -0.25) is 9.59 Å². The van der Waals surface area contributed by atoms with Gasteiger partial charge >= 0.3 is 0 Å². The lowest BCUT2D eigenvalue weighted by atomic mass is 10.2. The van der Waals surface area contributed by atoms with Gasteiger partial charge in [-0.15, -0.1) is 10.2 Å². The highest BCUT2D eigenvalue weighted by Crippen LogP contribution is 2.27. The molecule has 0 saturated carbocycles. The topological polar surface area (TPSA) is 116 Å². The van der Waals surface area contributed by atoms with Crippen molar-refractivity contribution in [3.8, 4) is 11.6 Å². The Balaban J connectivity index is 1.63. The van der Waals surface area contributed by atoms with E-state index in [1.807, 2.05) is 41.8 Å². The first kappa shape index (κ1) is 18.4. The lowest BCUT2D eigenvalue weighted by Crippen LogP contribution is -2.19. The monoisotopic (exact) mass is 389 g/mol. The largest absolute Gasteiger partial charge is 0.419 e. The lowest BCUT2D eigenvalue weighted by Gasteiger charge is -2.10. The Morgan fingerprint density at radius 2 is 1.86 bits per heavy atom. The fraction of sp³-hybridized carbons (Fsp3) is 0.143. The van der Waals surface area contributed by atoms with Crippen molar-refractivity contribution >= 4 is 28.4 Å². The van der Waals surface area contributed by atoms with Crippen LogP contribution in [0.2, 0.25) is 0 Å². The SMILES string of the molecule is CCc1nnc(-c2cc3ccccc3n2CC(=O)Nc2ccc(C(N)=O)cc2)o1. The molecular formula is C21H19N5O3. The number of carbonyl (C=O) groups is 2. The summed E-state index contributed by atoms with van der Waals surface area (Å²) in [6, 6.07) is 16.1. The summed E-state index contributed by atoms with van der Waals surface area (Å²) in [7, 11) is 0. The van der Waals surface area contributed by atoms with Crippen molar-refractivity contribution in [2.45, 2.75) is 19.9 Å². The van der Waals surface area contributed by atoms with Crippen molar-refractivity contribution in [1.29, 1.82) is 0 Å². The molecule has 8 nitrogen and oxygen atoms in total. The van der Waals surface area contributed by atoms with Crippen LogP contribution in [0.3, 0.4) is 0 Å². The Hall–Kier alpha value is -3.94. The number of nitrogens with two attached hydrogens (primary N) is 1. The van der Waals surface area contributed by atoms with Gasteiger partial charge in [0.1, 0.15) is 12.2 Å². The van der Waals surface area contributed by atoms with Crippen LogP contribution in [0.15, 0.2) is 59.0 Å². The Morgan fingerprint density at radius 1 is 1.10 bits per heavy atom. The Morgan fingerprint density at radius 3 is 2.55 bits per heavy atom. The van der Waals surface area contributed by atoms with E-state index in [-0.39, 0.29) is 12.5 Å². The third kappa shape index (κ3) is 3.73. The fourth-order valence-corrected chi connectivity index (χ4v) is 3.12. The molecule has 2 heterocycles. The number of hydrogen-bond donors (Lipinski definition) is 2. The van der Waals surface area contributed by atoms with Crippen molar-refractivity contribution in [3.63, 3.8) is 0 Å². The minimum atomic E-state index is -0.516. The molecule has 8 heteroatoms. The first-order valence-corrected chi connectivity index (χ1v) is 9.16. The lowest BCUT2D eigenvalue weighted by molar-refractivity contribution is -0.116. The summed E-state index contributed by atoms with van der Waals surface area (Å²) in [6.07, 6.45) is 0.634. The molecule has 0 fully saturated rings. The molecule has 29 heavy (non-hydrogen) atoms. The van der Waals surface area contributed by atoms with Crippen molar-refractivity contribution in [2.75, 3.05) is 5.32 Å². The highest BCUT2D eigenvalue weighted by Gasteiger charge is 2.18. The number of nitrogens with zero attached hydrogens (tertiary/aromatic N) is 3. The molecule has 3 N–H and O–H groups in total. The predicted octanol–water partition coefficient (Wildman–Crippen LogP) is 2.99. The number of carbonyl (C=O) groups excluding carboxylic acids is 2. The fourth-order valence-electron chi connectivity index (χ4n) is 3.12. The van der Waals surface area contributed by atoms with Crippen molar-refractivity contribution in [2.24, 2.45) is 5.73 Å². The Kier molecular flexibility index (Phi) is 4.82. The van der Waals surface area contributed by atoms with Crippen LogP contribution < -0.4 is 11.1 Å². The standard InChI is InChI=1S/C21H19N5O3/c1-2-19-24-25-21(29-19)17-11-14-5-3-4-6-16(14)26(17)12-18(27)23-15-9-7-13(8-10-15)20(22)28/h3-11H,2,12H2,1H3,(H2,22,28)(H,23,27). The van der Waals surface area contributed by atoms with Crippen LogP contribution in [0.5, 0.6) is 0 Å². The van der Waals surface area contributed by atoms with Crippen molar-refractivity contribution in [3.05, 3.63) is 66.1 Å². The van der Waals surface area contributed by atoms with Crippen LogP contribution in [0.4, 0.5) is 5.69 Å². The normalized spacial score (nSPS) is 10.9. The number of anilines is 1. The number of amides is 2. The summed E-state index contributed by atoms with van der Waals surface area (Å²) in [5.74, 6) is 0.166. The van der Waals surface area contributed by atoms with Crippen LogP contribution in [-0.4, -0.2) is 26.6 Å². The van der Waals surface area contributed by atoms with E-state index in [0.717, 1.165) is 10.9 Å². The average molecular weight is 389 g/mol. The van der Waals surface area contributed by atoms with E-state index in [1.54, 1.807) is 24.3 Å². The van der Waals surface area contributed by atoms with E-state index in [9.17, 15) is 9.59 Å². The van der Waals surface area contributed by atoms with Gasteiger partial charge in [-0.05, 0) is 36.4 Å². The molecule has 0 saturated heterocycles. The molecule has 2 aromatic heterocycles.